The molecule has 240 valence electrons. The molecular weight excluding hydrogens is 588 g/mol. The number of hydrogen-bond donors (Lipinski definition) is 3. The first-order valence-corrected chi connectivity index (χ1v) is 16.2. The molecule has 0 aliphatic carbocycles. The predicted octanol–water partition coefficient (Wildman–Crippen LogP) is 2.08. The third kappa shape index (κ3) is 10.1. The van der Waals surface area contributed by atoms with Crippen molar-refractivity contribution < 1.29 is 37.0 Å². The smallest absolute Gasteiger partial charge is 0.243 e. The van der Waals surface area contributed by atoms with Gasteiger partial charge in [-0.3, -0.25) is 19.8 Å². The molecule has 44 heavy (non-hydrogen) atoms. The van der Waals surface area contributed by atoms with Crippen LogP contribution in [0, 0.1) is 11.3 Å². The lowest BCUT2D eigenvalue weighted by molar-refractivity contribution is -0.142. The van der Waals surface area contributed by atoms with E-state index in [0.717, 1.165) is 5.56 Å². The van der Waals surface area contributed by atoms with E-state index in [1.54, 1.807) is 31.4 Å². The molecule has 1 saturated heterocycles. The fourth-order valence-corrected chi connectivity index (χ4v) is 6.53. The Hall–Kier alpha value is -3.81. The number of rotatable bonds is 18. The number of methoxy groups -OCH3 is 2. The number of nitrogens with one attached hydrogen (secondary N) is 2. The van der Waals surface area contributed by atoms with Crippen LogP contribution < -0.4 is 15.8 Å². The number of amidine groups is 1. The van der Waals surface area contributed by atoms with Gasteiger partial charge < -0.3 is 30.2 Å². The first-order chi connectivity index (χ1) is 21.1. The average molecular weight is 631 g/mol. The van der Waals surface area contributed by atoms with Crippen molar-refractivity contribution in [1.82, 2.24) is 10.2 Å². The zero-order valence-corrected chi connectivity index (χ0v) is 26.1. The summed E-state index contributed by atoms with van der Waals surface area (Å²) < 4.78 is 42.2. The van der Waals surface area contributed by atoms with Crippen molar-refractivity contribution in [2.45, 2.75) is 49.6 Å². The SMILES string of the molecule is COCCOCCCC(=O)C[C@@H](CS(=O)(=O)c1ccc(OC)cc1)C(=O)N1CCC[C@H]1C(=O)NCc1ccc(C(=N)N)cc1. The maximum Gasteiger partial charge on any atom is 0.243 e. The van der Waals surface area contributed by atoms with Crippen LogP contribution in [-0.2, 0) is 40.2 Å². The Kier molecular flexibility index (Phi) is 13.3. The minimum atomic E-state index is -3.95. The Bertz CT molecular complexity index is 1380. The molecule has 2 aromatic carbocycles. The van der Waals surface area contributed by atoms with E-state index in [4.69, 9.17) is 25.4 Å². The minimum absolute atomic E-state index is 0.0154. The van der Waals surface area contributed by atoms with Gasteiger partial charge in [0, 0.05) is 45.2 Å². The minimum Gasteiger partial charge on any atom is -0.497 e. The summed E-state index contributed by atoms with van der Waals surface area (Å²) in [5.74, 6) is -2.44. The van der Waals surface area contributed by atoms with E-state index < -0.39 is 33.5 Å². The summed E-state index contributed by atoms with van der Waals surface area (Å²) in [6.45, 7) is 1.66. The van der Waals surface area contributed by atoms with Crippen LogP contribution in [0.15, 0.2) is 53.4 Å². The van der Waals surface area contributed by atoms with Crippen molar-refractivity contribution in [2.24, 2.45) is 11.7 Å². The van der Waals surface area contributed by atoms with Gasteiger partial charge in [-0.25, -0.2) is 8.42 Å². The standard InChI is InChI=1S/C31H42N4O8S/c1-41-17-18-43-16-4-5-25(36)19-24(21-44(39,40)27-13-11-26(42-2)12-14-27)31(38)35-15-3-6-28(35)30(37)34-20-22-7-9-23(10-8-22)29(32)33/h7-14,24,28H,3-6,15-21H2,1-2H3,(H3,32,33)(H,34,37)/t24-,28-/m0/s1. The molecular formula is C31H42N4O8S. The van der Waals surface area contributed by atoms with E-state index in [9.17, 15) is 22.8 Å². The Labute approximate surface area is 258 Å². The lowest BCUT2D eigenvalue weighted by Crippen LogP contribution is -2.49. The van der Waals surface area contributed by atoms with Gasteiger partial charge in [0.15, 0.2) is 9.84 Å². The van der Waals surface area contributed by atoms with Crippen LogP contribution in [0.4, 0.5) is 0 Å². The van der Waals surface area contributed by atoms with Crippen LogP contribution in [0.2, 0.25) is 0 Å². The normalized spacial score (nSPS) is 15.5. The number of ether oxygens (including phenoxy) is 3. The van der Waals surface area contributed by atoms with E-state index in [1.165, 1.54) is 36.3 Å². The second kappa shape index (κ2) is 16.9. The molecule has 1 aliphatic heterocycles. The van der Waals surface area contributed by atoms with Gasteiger partial charge in [0.25, 0.3) is 0 Å². The molecule has 13 heteroatoms. The van der Waals surface area contributed by atoms with Crippen LogP contribution in [0.25, 0.3) is 0 Å². The van der Waals surface area contributed by atoms with Gasteiger partial charge in [0.1, 0.15) is 23.4 Å². The number of sulfone groups is 1. The molecule has 12 nitrogen and oxygen atoms in total. The van der Waals surface area contributed by atoms with Crippen LogP contribution in [0.5, 0.6) is 5.75 Å². The van der Waals surface area contributed by atoms with Gasteiger partial charge in [0.05, 0.1) is 36.9 Å². The van der Waals surface area contributed by atoms with Gasteiger partial charge in [-0.15, -0.1) is 0 Å². The molecule has 2 aromatic rings. The lowest BCUT2D eigenvalue weighted by atomic mass is 9.99. The predicted molar refractivity (Wildman–Crippen MR) is 164 cm³/mol. The Morgan fingerprint density at radius 3 is 2.39 bits per heavy atom. The van der Waals surface area contributed by atoms with Gasteiger partial charge in [-0.1, -0.05) is 24.3 Å². The number of hydrogen-bond acceptors (Lipinski definition) is 9. The first kappa shape index (κ1) is 34.7. The molecule has 1 heterocycles. The lowest BCUT2D eigenvalue weighted by Gasteiger charge is -2.28. The molecule has 2 amide bonds. The molecule has 0 unspecified atom stereocenters. The number of nitrogens with zero attached hydrogens (tertiary/aromatic N) is 1. The number of Topliss-reactive ketones (excluding diaryl/α,β-unsaturated/α-hetero) is 1. The number of amides is 2. The summed E-state index contributed by atoms with van der Waals surface area (Å²) in [6, 6.07) is 12.0. The number of ketones is 1. The fraction of sp³-hybridized carbons (Fsp3) is 0.484. The number of carbonyl (C=O) groups is 3. The third-order valence-electron chi connectivity index (χ3n) is 7.41. The van der Waals surface area contributed by atoms with Gasteiger partial charge >= 0.3 is 0 Å². The molecule has 0 spiro atoms. The number of nitrogen functional groups attached to an aromatic ring is 1. The summed E-state index contributed by atoms with van der Waals surface area (Å²) in [5.41, 5.74) is 6.86. The van der Waals surface area contributed by atoms with Crippen molar-refractivity contribution >= 4 is 33.3 Å². The number of likely N-dealkylation sites (tertiary alicyclic amines) is 1. The largest absolute Gasteiger partial charge is 0.497 e. The molecule has 0 aromatic heterocycles. The zero-order chi connectivity index (χ0) is 32.1. The average Bonchev–Trinajstić information content (AvgIpc) is 3.51. The molecule has 1 fully saturated rings. The van der Waals surface area contributed by atoms with Crippen molar-refractivity contribution in [2.75, 3.05) is 46.3 Å². The number of benzene rings is 2. The molecule has 0 saturated carbocycles. The second-order valence-electron chi connectivity index (χ2n) is 10.6. The number of carbonyl (C=O) groups excluding carboxylic acids is 3. The molecule has 1 aliphatic rings. The Balaban J connectivity index is 1.71. The van der Waals surface area contributed by atoms with Crippen molar-refractivity contribution in [3.05, 3.63) is 59.7 Å². The maximum absolute atomic E-state index is 13.9. The summed E-state index contributed by atoms with van der Waals surface area (Å²) in [6.07, 6.45) is 1.29. The maximum atomic E-state index is 13.9. The molecule has 0 radical (unpaired) electrons. The van der Waals surface area contributed by atoms with E-state index >= 15 is 0 Å². The van der Waals surface area contributed by atoms with Crippen LogP contribution in [-0.4, -0.2) is 89.1 Å². The van der Waals surface area contributed by atoms with Gasteiger partial charge in [-0.2, -0.15) is 0 Å². The van der Waals surface area contributed by atoms with Crippen molar-refractivity contribution in [3.63, 3.8) is 0 Å². The van der Waals surface area contributed by atoms with E-state index in [2.05, 4.69) is 5.32 Å². The number of nitrogens with two attached hydrogens (primary N) is 1. The third-order valence-corrected chi connectivity index (χ3v) is 9.24. The quantitative estimate of drug-likeness (QED) is 0.126. The first-order valence-electron chi connectivity index (χ1n) is 14.5. The van der Waals surface area contributed by atoms with E-state index in [1.807, 2.05) is 0 Å². The van der Waals surface area contributed by atoms with Gasteiger partial charge in [0.2, 0.25) is 11.8 Å². The van der Waals surface area contributed by atoms with Crippen molar-refractivity contribution in [3.8, 4) is 5.75 Å². The molecule has 0 bridgehead atoms. The highest BCUT2D eigenvalue weighted by Gasteiger charge is 2.39. The van der Waals surface area contributed by atoms with Gasteiger partial charge in [-0.05, 0) is 49.1 Å². The fourth-order valence-electron chi connectivity index (χ4n) is 5.00. The molecule has 2 atom stereocenters. The van der Waals surface area contributed by atoms with E-state index in [-0.39, 0.29) is 48.4 Å². The second-order valence-corrected chi connectivity index (χ2v) is 12.7. The molecule has 3 rings (SSSR count). The van der Waals surface area contributed by atoms with Crippen LogP contribution in [0.1, 0.15) is 43.2 Å². The zero-order valence-electron chi connectivity index (χ0n) is 25.3. The van der Waals surface area contributed by atoms with E-state index in [0.29, 0.717) is 50.4 Å². The molecule has 4 N–H and O–H groups in total. The Morgan fingerprint density at radius 1 is 1.05 bits per heavy atom. The van der Waals surface area contributed by atoms with Crippen LogP contribution >= 0.6 is 0 Å². The summed E-state index contributed by atoms with van der Waals surface area (Å²) in [5, 5.41) is 10.4. The topological polar surface area (TPSA) is 178 Å². The highest BCUT2D eigenvalue weighted by molar-refractivity contribution is 7.91. The summed E-state index contributed by atoms with van der Waals surface area (Å²) in [7, 11) is -0.917. The Morgan fingerprint density at radius 2 is 1.75 bits per heavy atom. The summed E-state index contributed by atoms with van der Waals surface area (Å²) >= 11 is 0. The monoisotopic (exact) mass is 630 g/mol. The summed E-state index contributed by atoms with van der Waals surface area (Å²) in [4.78, 5) is 41.4. The van der Waals surface area contributed by atoms with Crippen molar-refractivity contribution in [1.29, 1.82) is 5.41 Å². The van der Waals surface area contributed by atoms with Crippen LogP contribution in [0.3, 0.4) is 0 Å². The highest BCUT2D eigenvalue weighted by Crippen LogP contribution is 2.26. The highest BCUT2D eigenvalue weighted by atomic mass is 32.2.